The van der Waals surface area contributed by atoms with E-state index < -0.39 is 7.26 Å². The lowest BCUT2D eigenvalue weighted by molar-refractivity contribution is 0.827. The van der Waals surface area contributed by atoms with Crippen molar-refractivity contribution in [2.75, 3.05) is 18.5 Å². The third kappa shape index (κ3) is 5.87. The molecule has 2 heteroatoms. The zero-order chi connectivity index (χ0) is 13.1. The van der Waals surface area contributed by atoms with Crippen molar-refractivity contribution < 1.29 is 0 Å². The first-order valence-corrected chi connectivity index (χ1v) is 9.83. The van der Waals surface area contributed by atoms with Crippen LogP contribution in [-0.2, 0) is 0 Å². The van der Waals surface area contributed by atoms with Crippen LogP contribution in [0.25, 0.3) is 0 Å². The Morgan fingerprint density at radius 2 is 1.24 bits per heavy atom. The molecule has 17 heavy (non-hydrogen) atoms. The summed E-state index contributed by atoms with van der Waals surface area (Å²) in [5, 5.41) is 9.35. The minimum Gasteiger partial charge on any atom is -0.194 e. The summed E-state index contributed by atoms with van der Waals surface area (Å²) < 4.78 is 0. The van der Waals surface area contributed by atoms with Crippen LogP contribution in [-0.4, -0.2) is 24.1 Å². The van der Waals surface area contributed by atoms with Gasteiger partial charge in [0.1, 0.15) is 6.07 Å². The Kier molecular flexibility index (Phi) is 9.85. The lowest BCUT2D eigenvalue weighted by Gasteiger charge is -2.30. The Hall–Kier alpha value is -0.0800. The number of unbranched alkanes of at least 4 members (excludes halogenated alkanes) is 3. The van der Waals surface area contributed by atoms with Gasteiger partial charge in [-0.05, 0) is 26.2 Å². The molecular weight excluding hydrogens is 225 g/mol. The first kappa shape index (κ1) is 16.9. The van der Waals surface area contributed by atoms with Gasteiger partial charge in [0.05, 0.1) is 18.5 Å². The lowest BCUT2D eigenvalue weighted by Crippen LogP contribution is -2.18. The van der Waals surface area contributed by atoms with Crippen LogP contribution in [0.4, 0.5) is 0 Å². The van der Waals surface area contributed by atoms with E-state index in [2.05, 4.69) is 33.8 Å². The fourth-order valence-corrected chi connectivity index (χ4v) is 7.37. The van der Waals surface area contributed by atoms with Gasteiger partial charge in [-0.25, -0.2) is 0 Å². The van der Waals surface area contributed by atoms with Gasteiger partial charge >= 0.3 is 0 Å². The molecule has 0 saturated carbocycles. The molecule has 0 rings (SSSR count). The second kappa shape index (κ2) is 9.90. The number of nitriles is 1. The molecule has 0 fully saturated rings. The van der Waals surface area contributed by atoms with E-state index in [-0.39, 0.29) is 0 Å². The van der Waals surface area contributed by atoms with Crippen molar-refractivity contribution in [3.8, 4) is 6.07 Å². The summed E-state index contributed by atoms with van der Waals surface area (Å²) in [5.74, 6) is 0. The second-order valence-corrected chi connectivity index (χ2v) is 9.81. The zero-order valence-electron chi connectivity index (χ0n) is 12.3. The second-order valence-electron chi connectivity index (χ2n) is 5.26. The van der Waals surface area contributed by atoms with E-state index in [9.17, 15) is 5.26 Å². The van der Waals surface area contributed by atoms with Crippen LogP contribution in [0.1, 0.15) is 66.2 Å². The summed E-state index contributed by atoms with van der Waals surface area (Å²) >= 11 is 0. The van der Waals surface area contributed by atoms with E-state index in [1.54, 1.807) is 0 Å². The summed E-state index contributed by atoms with van der Waals surface area (Å²) in [6, 6.07) is 2.58. The number of hydrogen-bond acceptors (Lipinski definition) is 1. The molecule has 0 saturated heterocycles. The molecule has 0 aliphatic heterocycles. The maximum absolute atomic E-state index is 9.35. The van der Waals surface area contributed by atoms with E-state index >= 15 is 0 Å². The van der Waals surface area contributed by atoms with Crippen molar-refractivity contribution in [2.45, 2.75) is 71.9 Å². The Bertz CT molecular complexity index is 198. The highest BCUT2D eigenvalue weighted by atomic mass is 31.2. The quantitative estimate of drug-likeness (QED) is 0.485. The lowest BCUT2D eigenvalue weighted by atomic mass is 10.4. The number of nitrogens with zero attached hydrogens (tertiary/aromatic N) is 1. The van der Waals surface area contributed by atoms with Crippen LogP contribution >= 0.6 is 7.26 Å². The first-order valence-electron chi connectivity index (χ1n) is 7.42. The van der Waals surface area contributed by atoms with Gasteiger partial charge in [0.2, 0.25) is 0 Å². The van der Waals surface area contributed by atoms with Gasteiger partial charge in [0.25, 0.3) is 0 Å². The largest absolute Gasteiger partial charge is 0.194 e. The van der Waals surface area contributed by atoms with Gasteiger partial charge in [-0.2, -0.15) is 5.26 Å². The van der Waals surface area contributed by atoms with Crippen LogP contribution in [0.5, 0.6) is 0 Å². The van der Waals surface area contributed by atoms with E-state index in [1.807, 2.05) is 0 Å². The average molecular weight is 256 g/mol. The molecule has 0 N–H and O–H groups in total. The van der Waals surface area contributed by atoms with Crippen molar-refractivity contribution in [1.82, 2.24) is 0 Å². The molecular formula is C15H31NP+. The molecule has 100 valence electrons. The molecule has 0 aromatic heterocycles. The maximum atomic E-state index is 9.35. The highest BCUT2D eigenvalue weighted by molar-refractivity contribution is 7.76. The topological polar surface area (TPSA) is 23.8 Å². The summed E-state index contributed by atoms with van der Waals surface area (Å²) in [4.78, 5) is 0. The maximum Gasteiger partial charge on any atom is 0.151 e. The monoisotopic (exact) mass is 256 g/mol. The molecule has 0 spiro atoms. The smallest absolute Gasteiger partial charge is 0.151 e. The molecule has 0 aliphatic rings. The van der Waals surface area contributed by atoms with Crippen molar-refractivity contribution in [1.29, 1.82) is 5.26 Å². The Morgan fingerprint density at radius 3 is 1.47 bits per heavy atom. The van der Waals surface area contributed by atoms with Gasteiger partial charge < -0.3 is 0 Å². The van der Waals surface area contributed by atoms with Crippen LogP contribution < -0.4 is 0 Å². The van der Waals surface area contributed by atoms with Crippen LogP contribution in [0.3, 0.4) is 0 Å². The third-order valence-corrected chi connectivity index (χ3v) is 9.26. The molecule has 1 atom stereocenters. The zero-order valence-corrected chi connectivity index (χ0v) is 13.2. The molecule has 0 aliphatic carbocycles. The van der Waals surface area contributed by atoms with Gasteiger partial charge in [0, 0.05) is 7.26 Å². The van der Waals surface area contributed by atoms with E-state index in [0.717, 1.165) is 0 Å². The SMILES string of the molecule is CCCC[P+](CCCC)(CCCC)C(C)C#N. The van der Waals surface area contributed by atoms with Crippen molar-refractivity contribution in [3.05, 3.63) is 0 Å². The number of rotatable bonds is 10. The van der Waals surface area contributed by atoms with E-state index in [0.29, 0.717) is 5.66 Å². The summed E-state index contributed by atoms with van der Waals surface area (Å²) in [6.45, 7) is 9.00. The van der Waals surface area contributed by atoms with Crippen LogP contribution in [0.15, 0.2) is 0 Å². The fraction of sp³-hybridized carbons (Fsp3) is 0.933. The Labute approximate surface area is 109 Å². The summed E-state index contributed by atoms with van der Waals surface area (Å²) in [7, 11) is -0.998. The third-order valence-electron chi connectivity index (χ3n) is 3.88. The van der Waals surface area contributed by atoms with Gasteiger partial charge in [0.15, 0.2) is 5.66 Å². The van der Waals surface area contributed by atoms with Gasteiger partial charge in [-0.1, -0.05) is 40.0 Å². The summed E-state index contributed by atoms with van der Waals surface area (Å²) in [6.07, 6.45) is 11.9. The Morgan fingerprint density at radius 1 is 0.882 bits per heavy atom. The minimum absolute atomic E-state index is 0.326. The molecule has 0 radical (unpaired) electrons. The predicted molar refractivity (Wildman–Crippen MR) is 81.3 cm³/mol. The molecule has 0 aromatic rings. The van der Waals surface area contributed by atoms with Gasteiger partial charge in [-0.3, -0.25) is 0 Å². The molecule has 0 aromatic carbocycles. The van der Waals surface area contributed by atoms with Crippen molar-refractivity contribution >= 4 is 7.26 Å². The predicted octanol–water partition coefficient (Wildman–Crippen LogP) is 5.32. The van der Waals surface area contributed by atoms with Crippen molar-refractivity contribution in [3.63, 3.8) is 0 Å². The minimum atomic E-state index is -0.998. The van der Waals surface area contributed by atoms with E-state index in [1.165, 1.54) is 57.0 Å². The van der Waals surface area contributed by atoms with E-state index in [4.69, 9.17) is 0 Å². The Balaban J connectivity index is 4.71. The van der Waals surface area contributed by atoms with Crippen LogP contribution in [0.2, 0.25) is 0 Å². The molecule has 0 bridgehead atoms. The fourth-order valence-electron chi connectivity index (χ4n) is 2.46. The van der Waals surface area contributed by atoms with Crippen LogP contribution in [0, 0.1) is 11.3 Å². The standard InChI is InChI=1S/C15H31NP/c1-5-8-11-17(12-9-6-2,13-10-7-3)15(4)14-16/h15H,5-13H2,1-4H3/q+1. The molecule has 0 heterocycles. The first-order chi connectivity index (χ1) is 8.16. The molecule has 0 amide bonds. The summed E-state index contributed by atoms with van der Waals surface area (Å²) in [5.41, 5.74) is 0.326. The van der Waals surface area contributed by atoms with Crippen molar-refractivity contribution in [2.24, 2.45) is 0 Å². The molecule has 1 unspecified atom stereocenters. The van der Waals surface area contributed by atoms with Gasteiger partial charge in [-0.15, -0.1) is 0 Å². The highest BCUT2D eigenvalue weighted by Gasteiger charge is 2.41. The average Bonchev–Trinajstić information content (AvgIpc) is 2.37. The normalized spacial score (nSPS) is 13.4. The highest BCUT2D eigenvalue weighted by Crippen LogP contribution is 2.64. The molecule has 1 nitrogen and oxygen atoms in total. The number of hydrogen-bond donors (Lipinski definition) is 0.